The highest BCUT2D eigenvalue weighted by atomic mass is 16.5. The number of hydrogen-bond donors (Lipinski definition) is 2. The molecule has 0 heterocycles. The standard InChI is InChI=1S/C13H26N2O3/c1-9(2)8-11(13(17)18-4)15-12(16)7-5-6-10(3)14/h9-11H,5-8,14H2,1-4H3,(H,15,16). The Labute approximate surface area is 109 Å². The molecule has 0 aliphatic rings. The van der Waals surface area contributed by atoms with Crippen LogP contribution in [0.3, 0.4) is 0 Å². The second-order valence-corrected chi connectivity index (χ2v) is 5.14. The van der Waals surface area contributed by atoms with Gasteiger partial charge in [0.25, 0.3) is 0 Å². The van der Waals surface area contributed by atoms with Gasteiger partial charge in [0.1, 0.15) is 6.04 Å². The first-order chi connectivity index (χ1) is 8.36. The Kier molecular flexibility index (Phi) is 8.37. The molecule has 0 aliphatic carbocycles. The molecule has 0 aromatic rings. The molecule has 2 unspecified atom stereocenters. The van der Waals surface area contributed by atoms with Crippen LogP contribution in [0.1, 0.15) is 46.5 Å². The minimum absolute atomic E-state index is 0.102. The van der Waals surface area contributed by atoms with Crippen LogP contribution in [0.15, 0.2) is 0 Å². The van der Waals surface area contributed by atoms with Crippen molar-refractivity contribution in [2.75, 3.05) is 7.11 Å². The molecular formula is C13H26N2O3. The van der Waals surface area contributed by atoms with E-state index in [9.17, 15) is 9.59 Å². The average Bonchev–Trinajstić information content (AvgIpc) is 2.25. The normalized spacial score (nSPS) is 14.1. The fourth-order valence-electron chi connectivity index (χ4n) is 1.68. The summed E-state index contributed by atoms with van der Waals surface area (Å²) in [6.07, 6.45) is 2.53. The highest BCUT2D eigenvalue weighted by Crippen LogP contribution is 2.07. The summed E-state index contributed by atoms with van der Waals surface area (Å²) in [4.78, 5) is 23.2. The summed E-state index contributed by atoms with van der Waals surface area (Å²) >= 11 is 0. The zero-order valence-electron chi connectivity index (χ0n) is 11.9. The molecule has 0 saturated carbocycles. The van der Waals surface area contributed by atoms with Crippen LogP contribution in [0.2, 0.25) is 0 Å². The van der Waals surface area contributed by atoms with Crippen LogP contribution < -0.4 is 11.1 Å². The number of hydrogen-bond acceptors (Lipinski definition) is 4. The molecule has 2 atom stereocenters. The van der Waals surface area contributed by atoms with Crippen LogP contribution in [0.5, 0.6) is 0 Å². The van der Waals surface area contributed by atoms with Gasteiger partial charge in [0, 0.05) is 12.5 Å². The maximum absolute atomic E-state index is 11.7. The van der Waals surface area contributed by atoms with Crippen molar-refractivity contribution in [3.63, 3.8) is 0 Å². The largest absolute Gasteiger partial charge is 0.467 e. The van der Waals surface area contributed by atoms with E-state index in [0.29, 0.717) is 18.8 Å². The van der Waals surface area contributed by atoms with Gasteiger partial charge in [-0.05, 0) is 32.1 Å². The number of nitrogens with two attached hydrogens (primary N) is 1. The van der Waals surface area contributed by atoms with Gasteiger partial charge in [0.15, 0.2) is 0 Å². The molecule has 0 fully saturated rings. The number of methoxy groups -OCH3 is 1. The van der Waals surface area contributed by atoms with E-state index in [-0.39, 0.29) is 17.9 Å². The van der Waals surface area contributed by atoms with Crippen LogP contribution in [-0.2, 0) is 14.3 Å². The fraction of sp³-hybridized carbons (Fsp3) is 0.846. The Morgan fingerprint density at radius 3 is 2.33 bits per heavy atom. The fourth-order valence-corrected chi connectivity index (χ4v) is 1.68. The number of rotatable bonds is 8. The zero-order valence-corrected chi connectivity index (χ0v) is 11.9. The lowest BCUT2D eigenvalue weighted by atomic mass is 10.0. The number of carbonyl (C=O) groups is 2. The van der Waals surface area contributed by atoms with Gasteiger partial charge in [-0.3, -0.25) is 4.79 Å². The molecule has 0 aromatic heterocycles. The van der Waals surface area contributed by atoms with Gasteiger partial charge in [-0.2, -0.15) is 0 Å². The Hall–Kier alpha value is -1.10. The first kappa shape index (κ1) is 16.9. The van der Waals surface area contributed by atoms with Gasteiger partial charge >= 0.3 is 5.97 Å². The number of ether oxygens (including phenoxy) is 1. The minimum atomic E-state index is -0.544. The van der Waals surface area contributed by atoms with Crippen LogP contribution in [0.25, 0.3) is 0 Å². The lowest BCUT2D eigenvalue weighted by molar-refractivity contribution is -0.145. The Bertz CT molecular complexity index is 265. The summed E-state index contributed by atoms with van der Waals surface area (Å²) in [5.74, 6) is -0.186. The Morgan fingerprint density at radius 2 is 1.89 bits per heavy atom. The first-order valence-corrected chi connectivity index (χ1v) is 6.49. The lowest BCUT2D eigenvalue weighted by Crippen LogP contribution is -2.42. The lowest BCUT2D eigenvalue weighted by Gasteiger charge is -2.18. The summed E-state index contributed by atoms with van der Waals surface area (Å²) in [6, 6.07) is -0.442. The van der Waals surface area contributed by atoms with Crippen molar-refractivity contribution >= 4 is 11.9 Å². The van der Waals surface area contributed by atoms with Crippen LogP contribution in [0.4, 0.5) is 0 Å². The SMILES string of the molecule is COC(=O)C(CC(C)C)NC(=O)CCCC(C)N. The minimum Gasteiger partial charge on any atom is -0.467 e. The van der Waals surface area contributed by atoms with E-state index in [4.69, 9.17) is 5.73 Å². The summed E-state index contributed by atoms with van der Waals surface area (Å²) in [7, 11) is 1.33. The second-order valence-electron chi connectivity index (χ2n) is 5.14. The molecule has 0 rings (SSSR count). The number of nitrogens with one attached hydrogen (secondary N) is 1. The maximum Gasteiger partial charge on any atom is 0.328 e. The third kappa shape index (κ3) is 8.06. The van der Waals surface area contributed by atoms with Crippen molar-refractivity contribution in [1.29, 1.82) is 0 Å². The van der Waals surface area contributed by atoms with Crippen molar-refractivity contribution in [2.24, 2.45) is 11.7 Å². The predicted molar refractivity (Wildman–Crippen MR) is 70.9 cm³/mol. The highest BCUT2D eigenvalue weighted by Gasteiger charge is 2.22. The van der Waals surface area contributed by atoms with E-state index in [2.05, 4.69) is 10.1 Å². The van der Waals surface area contributed by atoms with E-state index in [1.54, 1.807) is 0 Å². The smallest absolute Gasteiger partial charge is 0.328 e. The van der Waals surface area contributed by atoms with Gasteiger partial charge in [-0.15, -0.1) is 0 Å². The zero-order chi connectivity index (χ0) is 14.1. The maximum atomic E-state index is 11.7. The van der Waals surface area contributed by atoms with Crippen molar-refractivity contribution in [2.45, 2.75) is 58.5 Å². The average molecular weight is 258 g/mol. The third-order valence-corrected chi connectivity index (χ3v) is 2.59. The van der Waals surface area contributed by atoms with Gasteiger partial charge in [-0.25, -0.2) is 4.79 Å². The molecule has 0 radical (unpaired) electrons. The molecule has 1 amide bonds. The van der Waals surface area contributed by atoms with E-state index < -0.39 is 6.04 Å². The van der Waals surface area contributed by atoms with Gasteiger partial charge in [0.2, 0.25) is 5.91 Å². The molecule has 106 valence electrons. The second kappa shape index (κ2) is 8.91. The molecule has 5 nitrogen and oxygen atoms in total. The van der Waals surface area contributed by atoms with Gasteiger partial charge < -0.3 is 15.8 Å². The van der Waals surface area contributed by atoms with Crippen molar-refractivity contribution < 1.29 is 14.3 Å². The molecule has 0 aliphatic heterocycles. The molecule has 0 saturated heterocycles. The Morgan fingerprint density at radius 1 is 1.28 bits per heavy atom. The van der Waals surface area contributed by atoms with E-state index in [0.717, 1.165) is 12.8 Å². The van der Waals surface area contributed by atoms with E-state index >= 15 is 0 Å². The molecular weight excluding hydrogens is 232 g/mol. The van der Waals surface area contributed by atoms with Crippen molar-refractivity contribution in [3.05, 3.63) is 0 Å². The van der Waals surface area contributed by atoms with Crippen LogP contribution in [0, 0.1) is 5.92 Å². The predicted octanol–water partition coefficient (Wildman–Crippen LogP) is 1.21. The number of carbonyl (C=O) groups excluding carboxylic acids is 2. The molecule has 0 aromatic carbocycles. The van der Waals surface area contributed by atoms with E-state index in [1.807, 2.05) is 20.8 Å². The van der Waals surface area contributed by atoms with Gasteiger partial charge in [-0.1, -0.05) is 13.8 Å². The summed E-state index contributed by atoms with van der Waals surface area (Å²) < 4.78 is 4.68. The molecule has 3 N–H and O–H groups in total. The summed E-state index contributed by atoms with van der Waals surface area (Å²) in [6.45, 7) is 5.91. The van der Waals surface area contributed by atoms with Crippen molar-refractivity contribution in [3.8, 4) is 0 Å². The van der Waals surface area contributed by atoms with Crippen molar-refractivity contribution in [1.82, 2.24) is 5.32 Å². The number of esters is 1. The van der Waals surface area contributed by atoms with Crippen LogP contribution in [-0.4, -0.2) is 31.1 Å². The highest BCUT2D eigenvalue weighted by molar-refractivity contribution is 5.84. The monoisotopic (exact) mass is 258 g/mol. The van der Waals surface area contributed by atoms with Gasteiger partial charge in [0.05, 0.1) is 7.11 Å². The Balaban J connectivity index is 4.14. The number of amides is 1. The third-order valence-electron chi connectivity index (χ3n) is 2.59. The topological polar surface area (TPSA) is 81.4 Å². The summed E-state index contributed by atoms with van der Waals surface area (Å²) in [5, 5.41) is 2.72. The van der Waals surface area contributed by atoms with E-state index in [1.165, 1.54) is 7.11 Å². The molecule has 18 heavy (non-hydrogen) atoms. The molecule has 0 bridgehead atoms. The van der Waals surface area contributed by atoms with Crippen LogP contribution >= 0.6 is 0 Å². The first-order valence-electron chi connectivity index (χ1n) is 6.49. The quantitative estimate of drug-likeness (QED) is 0.641. The molecule has 5 heteroatoms. The summed E-state index contributed by atoms with van der Waals surface area (Å²) in [5.41, 5.74) is 5.61. The molecule has 0 spiro atoms.